The van der Waals surface area contributed by atoms with Crippen molar-refractivity contribution in [3.8, 4) is 17.2 Å². The molecule has 0 unspecified atom stereocenters. The third-order valence-electron chi connectivity index (χ3n) is 3.07. The summed E-state index contributed by atoms with van der Waals surface area (Å²) in [7, 11) is 0. The van der Waals surface area contributed by atoms with Gasteiger partial charge < -0.3 is 14.6 Å². The minimum atomic E-state index is -0.451. The van der Waals surface area contributed by atoms with Gasteiger partial charge in [0.1, 0.15) is 5.75 Å². The van der Waals surface area contributed by atoms with Crippen molar-refractivity contribution in [1.82, 2.24) is 5.43 Å². The summed E-state index contributed by atoms with van der Waals surface area (Å²) >= 11 is 13.4. The van der Waals surface area contributed by atoms with Gasteiger partial charge in [0.05, 0.1) is 21.8 Å². The number of aromatic hydroxyl groups is 1. The lowest BCUT2D eigenvalue weighted by Gasteiger charge is -2.10. The number of carbonyl (C=O) groups is 1. The Kier molecular flexibility index (Phi) is 8.59. The normalized spacial score (nSPS) is 10.9. The fourth-order valence-corrected chi connectivity index (χ4v) is 4.91. The Hall–Kier alpha value is -1.10. The van der Waals surface area contributed by atoms with E-state index in [1.165, 1.54) is 6.21 Å². The van der Waals surface area contributed by atoms with Crippen molar-refractivity contribution in [2.24, 2.45) is 5.10 Å². The van der Waals surface area contributed by atoms with E-state index in [1.807, 2.05) is 19.1 Å². The fraction of sp³-hybridized carbons (Fsp3) is 0.176. The quantitative estimate of drug-likeness (QED) is 0.319. The molecule has 2 N–H and O–H groups in total. The minimum Gasteiger partial charge on any atom is -0.504 e. The first-order chi connectivity index (χ1) is 12.8. The van der Waals surface area contributed by atoms with E-state index >= 15 is 0 Å². The van der Waals surface area contributed by atoms with Crippen molar-refractivity contribution in [2.45, 2.75) is 6.92 Å². The molecule has 1 amide bonds. The molecule has 10 heteroatoms. The average molecular weight is 630 g/mol. The van der Waals surface area contributed by atoms with Gasteiger partial charge in [-0.25, -0.2) is 5.43 Å². The molecule has 0 aliphatic carbocycles. The number of nitrogens with one attached hydrogen (secondary N) is 1. The monoisotopic (exact) mass is 626 g/mol. The maximum atomic E-state index is 11.9. The minimum absolute atomic E-state index is 0.0583. The molecule has 0 aliphatic heterocycles. The smallest absolute Gasteiger partial charge is 0.277 e. The number of hydrogen-bond donors (Lipinski definition) is 2. The zero-order valence-electron chi connectivity index (χ0n) is 13.9. The molecule has 0 fully saturated rings. The number of hydrogen-bond acceptors (Lipinski definition) is 5. The second-order valence-electron chi connectivity index (χ2n) is 5.06. The van der Waals surface area contributed by atoms with Crippen LogP contribution in [0.3, 0.4) is 0 Å². The van der Waals surface area contributed by atoms with Crippen LogP contribution in [-0.2, 0) is 4.79 Å². The third kappa shape index (κ3) is 6.48. The molecule has 6 nitrogen and oxygen atoms in total. The number of rotatable bonds is 7. The molecule has 144 valence electrons. The van der Waals surface area contributed by atoms with Gasteiger partial charge in [-0.2, -0.15) is 5.10 Å². The second kappa shape index (κ2) is 10.4. The van der Waals surface area contributed by atoms with Gasteiger partial charge in [-0.3, -0.25) is 4.79 Å². The lowest BCUT2D eigenvalue weighted by atomic mass is 10.2. The van der Waals surface area contributed by atoms with Crippen molar-refractivity contribution in [1.29, 1.82) is 0 Å². The van der Waals surface area contributed by atoms with Crippen molar-refractivity contribution >= 4 is 75.8 Å². The summed E-state index contributed by atoms with van der Waals surface area (Å²) in [6.45, 7) is 2.00. The Morgan fingerprint density at radius 1 is 1.11 bits per heavy atom. The average Bonchev–Trinajstić information content (AvgIpc) is 2.58. The van der Waals surface area contributed by atoms with E-state index < -0.39 is 5.91 Å². The van der Waals surface area contributed by atoms with Crippen molar-refractivity contribution < 1.29 is 19.4 Å². The predicted molar refractivity (Wildman–Crippen MR) is 118 cm³/mol. The van der Waals surface area contributed by atoms with Crippen LogP contribution < -0.4 is 14.9 Å². The number of phenols is 1. The summed E-state index contributed by atoms with van der Waals surface area (Å²) in [5.74, 6) is 0.320. The summed E-state index contributed by atoms with van der Waals surface area (Å²) in [5.41, 5.74) is 2.74. The van der Waals surface area contributed by atoms with Crippen LogP contribution in [0.15, 0.2) is 47.3 Å². The predicted octanol–water partition coefficient (Wildman–Crippen LogP) is 5.37. The number of carbonyl (C=O) groups excluding carboxylic acids is 1. The molecule has 0 bridgehead atoms. The van der Waals surface area contributed by atoms with Gasteiger partial charge >= 0.3 is 0 Å². The lowest BCUT2D eigenvalue weighted by Crippen LogP contribution is -2.24. The Morgan fingerprint density at radius 3 is 2.37 bits per heavy atom. The largest absolute Gasteiger partial charge is 0.504 e. The summed E-state index contributed by atoms with van der Waals surface area (Å²) in [5, 5.41) is 14.0. The first kappa shape index (κ1) is 22.2. The zero-order valence-corrected chi connectivity index (χ0v) is 20.3. The summed E-state index contributed by atoms with van der Waals surface area (Å²) in [6, 6.07) is 6.92. The molecule has 0 aliphatic rings. The van der Waals surface area contributed by atoms with Crippen molar-refractivity contribution in [3.63, 3.8) is 0 Å². The Morgan fingerprint density at radius 2 is 1.74 bits per heavy atom. The van der Waals surface area contributed by atoms with Gasteiger partial charge in [-0.15, -0.1) is 0 Å². The highest BCUT2D eigenvalue weighted by Crippen LogP contribution is 2.36. The van der Waals surface area contributed by atoms with E-state index in [9.17, 15) is 9.90 Å². The maximum Gasteiger partial charge on any atom is 0.277 e. The zero-order chi connectivity index (χ0) is 20.0. The summed E-state index contributed by atoms with van der Waals surface area (Å²) in [4.78, 5) is 11.9. The van der Waals surface area contributed by atoms with E-state index in [-0.39, 0.29) is 12.4 Å². The third-order valence-corrected chi connectivity index (χ3v) is 5.17. The van der Waals surface area contributed by atoms with Crippen LogP contribution in [0.25, 0.3) is 0 Å². The molecule has 2 aromatic carbocycles. The number of amides is 1. The molecule has 0 atom stereocenters. The first-order valence-corrected chi connectivity index (χ1v) is 10.7. The Balaban J connectivity index is 1.98. The van der Waals surface area contributed by atoms with Gasteiger partial charge in [0, 0.05) is 14.5 Å². The number of benzene rings is 2. The molecule has 0 spiro atoms. The molecular formula is C17H14Br4N2O4. The van der Waals surface area contributed by atoms with E-state index in [1.54, 1.807) is 12.1 Å². The highest BCUT2D eigenvalue weighted by atomic mass is 79.9. The van der Waals surface area contributed by atoms with Crippen LogP contribution in [0.4, 0.5) is 0 Å². The molecule has 0 heterocycles. The highest BCUT2D eigenvalue weighted by molar-refractivity contribution is 9.11. The van der Waals surface area contributed by atoms with Gasteiger partial charge in [0.25, 0.3) is 5.91 Å². The number of ether oxygens (including phenoxy) is 2. The molecule has 0 saturated heterocycles. The van der Waals surface area contributed by atoms with Crippen molar-refractivity contribution in [3.05, 3.63) is 47.7 Å². The SMILES string of the molecule is CCOc1cc(Br)cc(/C=N\NC(=O)COc2c(Br)cc(Br)cc2Br)c1O. The number of halogens is 4. The number of hydrazone groups is 1. The van der Waals surface area contributed by atoms with Crippen LogP contribution in [0.5, 0.6) is 17.2 Å². The molecular weight excluding hydrogens is 616 g/mol. The number of nitrogens with zero attached hydrogens (tertiary/aromatic N) is 1. The van der Waals surface area contributed by atoms with Crippen LogP contribution in [0.1, 0.15) is 12.5 Å². The van der Waals surface area contributed by atoms with E-state index in [0.717, 1.165) is 4.47 Å². The molecule has 0 aromatic heterocycles. The van der Waals surface area contributed by atoms with Crippen molar-refractivity contribution in [2.75, 3.05) is 13.2 Å². The fourth-order valence-electron chi connectivity index (χ4n) is 1.97. The first-order valence-electron chi connectivity index (χ1n) is 7.56. The van der Waals surface area contributed by atoms with Gasteiger partial charge in [0.2, 0.25) is 0 Å². The summed E-state index contributed by atoms with van der Waals surface area (Å²) < 4.78 is 13.8. The van der Waals surface area contributed by atoms with E-state index in [2.05, 4.69) is 74.2 Å². The maximum absolute atomic E-state index is 11.9. The Bertz CT molecular complexity index is 851. The van der Waals surface area contributed by atoms with Crippen LogP contribution in [-0.4, -0.2) is 30.4 Å². The van der Waals surface area contributed by atoms with Gasteiger partial charge in [0.15, 0.2) is 18.1 Å². The van der Waals surface area contributed by atoms with Gasteiger partial charge in [-0.1, -0.05) is 31.9 Å². The van der Waals surface area contributed by atoms with Crippen LogP contribution >= 0.6 is 63.7 Å². The van der Waals surface area contributed by atoms with E-state index in [4.69, 9.17) is 9.47 Å². The molecule has 27 heavy (non-hydrogen) atoms. The molecule has 2 rings (SSSR count). The highest BCUT2D eigenvalue weighted by Gasteiger charge is 2.11. The lowest BCUT2D eigenvalue weighted by molar-refractivity contribution is -0.123. The second-order valence-corrected chi connectivity index (χ2v) is 8.60. The topological polar surface area (TPSA) is 80.2 Å². The van der Waals surface area contributed by atoms with Crippen LogP contribution in [0, 0.1) is 0 Å². The standard InChI is InChI=1S/C17H14Br4N2O4/c1-2-26-14-6-10(18)3-9(16(14)25)7-22-23-15(24)8-27-17-12(20)4-11(19)5-13(17)21/h3-7,25H,2,8H2,1H3,(H,23,24)/b22-7-. The van der Waals surface area contributed by atoms with Crippen LogP contribution in [0.2, 0.25) is 0 Å². The Labute approximate surface area is 189 Å². The molecule has 2 aromatic rings. The van der Waals surface area contributed by atoms with E-state index in [0.29, 0.717) is 37.1 Å². The summed E-state index contributed by atoms with van der Waals surface area (Å²) in [6.07, 6.45) is 1.33. The molecule has 0 radical (unpaired) electrons. The van der Waals surface area contributed by atoms with Gasteiger partial charge in [-0.05, 0) is 63.0 Å². The number of phenolic OH excluding ortho intramolecular Hbond substituents is 1. The molecule has 0 saturated carbocycles.